The van der Waals surface area contributed by atoms with E-state index in [0.29, 0.717) is 0 Å². The molecule has 33 heavy (non-hydrogen) atoms. The molecule has 1 heterocycles. The van der Waals surface area contributed by atoms with E-state index in [-0.39, 0.29) is 38.4 Å². The van der Waals surface area contributed by atoms with Crippen LogP contribution in [0, 0.1) is 0 Å². The Labute approximate surface area is 203 Å². The highest BCUT2D eigenvalue weighted by atomic mass is 35.5. The molecule has 0 spiro atoms. The largest absolute Gasteiger partial charge is 0.397 e. The highest BCUT2D eigenvalue weighted by Gasteiger charge is 2.31. The van der Waals surface area contributed by atoms with Crippen molar-refractivity contribution in [2.24, 2.45) is 0 Å². The molecule has 2 aromatic carbocycles. The maximum absolute atomic E-state index is 11.9. The van der Waals surface area contributed by atoms with E-state index >= 15 is 0 Å². The molecule has 0 aliphatic rings. The Kier molecular flexibility index (Phi) is 8.59. The van der Waals surface area contributed by atoms with Crippen molar-refractivity contribution in [1.82, 2.24) is 15.0 Å². The van der Waals surface area contributed by atoms with E-state index < -0.39 is 30.0 Å². The molecule has 0 unspecified atom stereocenters. The normalized spacial score (nSPS) is 12.4. The molecule has 0 saturated carbocycles. The average molecular weight is 555 g/mol. The lowest BCUT2D eigenvalue weighted by Gasteiger charge is -2.14. The third kappa shape index (κ3) is 7.23. The standard InChI is InChI=1S/C14H14N2O6S2.C3Cl3N3/c15-11-8-4-7-10(12(11)16)14(24(20,21)22)13(23(17,18)19)9-5-2-1-3-6-9;4-1-7-2(5)9-3(6)8-1/h1-8H,15-16H2,(H,17,18,19)(H,20,21,22);. The number of halogens is 3. The van der Waals surface area contributed by atoms with Crippen LogP contribution in [0.5, 0.6) is 0 Å². The van der Waals surface area contributed by atoms with Gasteiger partial charge in [0.25, 0.3) is 20.2 Å². The molecule has 3 rings (SSSR count). The summed E-state index contributed by atoms with van der Waals surface area (Å²) in [6.45, 7) is 0. The minimum Gasteiger partial charge on any atom is -0.397 e. The Morgan fingerprint density at radius 3 is 1.58 bits per heavy atom. The molecule has 6 N–H and O–H groups in total. The molecule has 3 aromatic rings. The van der Waals surface area contributed by atoms with Gasteiger partial charge in [-0.05, 0) is 46.4 Å². The summed E-state index contributed by atoms with van der Waals surface area (Å²) < 4.78 is 66.6. The number of hydrogen-bond donors (Lipinski definition) is 4. The summed E-state index contributed by atoms with van der Waals surface area (Å²) >= 11 is 16.0. The first-order valence-corrected chi connectivity index (χ1v) is 12.3. The third-order valence-electron chi connectivity index (χ3n) is 3.70. The molecule has 0 aliphatic heterocycles. The van der Waals surface area contributed by atoms with Gasteiger partial charge in [0.05, 0.1) is 11.4 Å². The van der Waals surface area contributed by atoms with E-state index in [1.165, 1.54) is 42.5 Å². The van der Waals surface area contributed by atoms with Gasteiger partial charge in [-0.15, -0.1) is 0 Å². The second-order valence-electron chi connectivity index (χ2n) is 5.93. The maximum atomic E-state index is 11.9. The van der Waals surface area contributed by atoms with Crippen LogP contribution in [0.15, 0.2) is 48.5 Å². The fraction of sp³-hybridized carbons (Fsp3) is 0. The van der Waals surface area contributed by atoms with E-state index in [4.69, 9.17) is 46.3 Å². The van der Waals surface area contributed by atoms with Crippen molar-refractivity contribution in [2.75, 3.05) is 11.5 Å². The van der Waals surface area contributed by atoms with Crippen molar-refractivity contribution < 1.29 is 25.9 Å². The van der Waals surface area contributed by atoms with E-state index in [1.54, 1.807) is 6.07 Å². The van der Waals surface area contributed by atoms with Crippen LogP contribution in [-0.4, -0.2) is 40.9 Å². The quantitative estimate of drug-likeness (QED) is 0.209. The minimum atomic E-state index is -5.08. The molecule has 11 nitrogen and oxygen atoms in total. The van der Waals surface area contributed by atoms with Crippen LogP contribution in [0.25, 0.3) is 9.81 Å². The molecule has 0 fully saturated rings. The number of para-hydroxylation sites is 1. The molecule has 0 bridgehead atoms. The summed E-state index contributed by atoms with van der Waals surface area (Å²) in [5.41, 5.74) is 10.6. The number of anilines is 2. The highest BCUT2D eigenvalue weighted by molar-refractivity contribution is 8.01. The van der Waals surface area contributed by atoms with Gasteiger partial charge in [0, 0.05) is 5.56 Å². The summed E-state index contributed by atoms with van der Waals surface area (Å²) in [7, 11) is -10.1. The second-order valence-corrected chi connectivity index (χ2v) is 9.66. The van der Waals surface area contributed by atoms with E-state index in [9.17, 15) is 25.9 Å². The SMILES string of the molecule is Clc1nc(Cl)nc(Cl)n1.Nc1cccc(C(=C(c2ccccc2)S(=O)(=O)O)S(=O)(=O)O)c1N. The summed E-state index contributed by atoms with van der Waals surface area (Å²) in [5, 5.41) is 0.00000000000000178. The molecule has 16 heteroatoms. The molecule has 0 atom stereocenters. The Bertz CT molecular complexity index is 1370. The molecule has 1 aromatic heterocycles. The molecular weight excluding hydrogens is 541 g/mol. The van der Waals surface area contributed by atoms with Crippen LogP contribution in [0.3, 0.4) is 0 Å². The van der Waals surface area contributed by atoms with Crippen LogP contribution in [0.2, 0.25) is 15.9 Å². The van der Waals surface area contributed by atoms with Crippen LogP contribution < -0.4 is 11.5 Å². The van der Waals surface area contributed by atoms with Gasteiger partial charge in [-0.2, -0.15) is 31.8 Å². The molecule has 0 saturated heterocycles. The zero-order valence-electron chi connectivity index (χ0n) is 16.1. The van der Waals surface area contributed by atoms with Crippen molar-refractivity contribution in [3.05, 3.63) is 75.5 Å². The van der Waals surface area contributed by atoms with Gasteiger partial charge in [-0.3, -0.25) is 9.11 Å². The van der Waals surface area contributed by atoms with Crippen LogP contribution >= 0.6 is 34.8 Å². The van der Waals surface area contributed by atoms with E-state index in [2.05, 4.69) is 15.0 Å². The van der Waals surface area contributed by atoms with Crippen molar-refractivity contribution in [1.29, 1.82) is 0 Å². The predicted octanol–water partition coefficient (Wildman–Crippen LogP) is 3.28. The first-order chi connectivity index (χ1) is 15.2. The van der Waals surface area contributed by atoms with Crippen LogP contribution in [0.4, 0.5) is 11.4 Å². The van der Waals surface area contributed by atoms with Crippen LogP contribution in [-0.2, 0) is 20.2 Å². The molecule has 0 aliphatic carbocycles. The molecule has 0 amide bonds. The number of aromatic nitrogens is 3. The monoisotopic (exact) mass is 553 g/mol. The van der Waals surface area contributed by atoms with Gasteiger partial charge in [0.1, 0.15) is 9.81 Å². The lowest BCUT2D eigenvalue weighted by Crippen LogP contribution is -2.13. The first kappa shape index (κ1) is 26.7. The zero-order valence-corrected chi connectivity index (χ0v) is 20.0. The molecule has 176 valence electrons. The molecular formula is C17H14Cl3N5O6S2. The summed E-state index contributed by atoms with van der Waals surface area (Å²) in [5.74, 6) is 0. The second kappa shape index (κ2) is 10.6. The minimum absolute atomic E-state index is 0.000000000000000444. The molecule has 0 radical (unpaired) electrons. The lowest BCUT2D eigenvalue weighted by atomic mass is 10.1. The zero-order chi connectivity index (χ0) is 25.0. The van der Waals surface area contributed by atoms with Crippen molar-refractivity contribution in [3.63, 3.8) is 0 Å². The maximum Gasteiger partial charge on any atom is 0.296 e. The number of nitrogens with two attached hydrogens (primary N) is 2. The fourth-order valence-corrected chi connectivity index (χ4v) is 5.28. The van der Waals surface area contributed by atoms with Crippen molar-refractivity contribution >= 4 is 76.2 Å². The van der Waals surface area contributed by atoms with Crippen molar-refractivity contribution in [2.45, 2.75) is 0 Å². The Balaban J connectivity index is 0.000000357. The lowest BCUT2D eigenvalue weighted by molar-refractivity contribution is 0.491. The predicted molar refractivity (Wildman–Crippen MR) is 126 cm³/mol. The number of nitrogens with zero attached hydrogens (tertiary/aromatic N) is 3. The Hall–Kier alpha value is -2.52. The van der Waals surface area contributed by atoms with Gasteiger partial charge < -0.3 is 11.5 Å². The Morgan fingerprint density at radius 2 is 1.15 bits per heavy atom. The summed E-state index contributed by atoms with van der Waals surface area (Å²) in [6, 6.07) is 10.8. The number of benzene rings is 2. The van der Waals surface area contributed by atoms with E-state index in [1.807, 2.05) is 0 Å². The highest BCUT2D eigenvalue weighted by Crippen LogP contribution is 2.37. The number of hydrogen-bond acceptors (Lipinski definition) is 9. The smallest absolute Gasteiger partial charge is 0.296 e. The van der Waals surface area contributed by atoms with Gasteiger partial charge in [-0.1, -0.05) is 42.5 Å². The average Bonchev–Trinajstić information content (AvgIpc) is 2.67. The van der Waals surface area contributed by atoms with Gasteiger partial charge in [0.2, 0.25) is 15.9 Å². The van der Waals surface area contributed by atoms with E-state index in [0.717, 1.165) is 0 Å². The number of nitrogen functional groups attached to an aromatic ring is 2. The van der Waals surface area contributed by atoms with Crippen LogP contribution in [0.1, 0.15) is 11.1 Å². The van der Waals surface area contributed by atoms with Gasteiger partial charge in [-0.25, -0.2) is 0 Å². The summed E-state index contributed by atoms with van der Waals surface area (Å²) in [6.07, 6.45) is 0. The van der Waals surface area contributed by atoms with Gasteiger partial charge >= 0.3 is 0 Å². The first-order valence-electron chi connectivity index (χ1n) is 8.33. The Morgan fingerprint density at radius 1 is 0.697 bits per heavy atom. The number of rotatable bonds is 4. The van der Waals surface area contributed by atoms with Gasteiger partial charge in [0.15, 0.2) is 0 Å². The summed E-state index contributed by atoms with van der Waals surface area (Å²) in [4.78, 5) is 8.32. The third-order valence-corrected chi connectivity index (χ3v) is 6.23. The fourth-order valence-electron chi connectivity index (χ4n) is 2.45. The topological polar surface area (TPSA) is 199 Å². The van der Waals surface area contributed by atoms with Crippen molar-refractivity contribution in [3.8, 4) is 0 Å².